The van der Waals surface area contributed by atoms with Crippen molar-refractivity contribution in [2.45, 2.75) is 18.2 Å². The molecule has 2 N–H and O–H groups in total. The van der Waals surface area contributed by atoms with Gasteiger partial charge in [-0.3, -0.25) is 5.32 Å². The topological polar surface area (TPSA) is 66.9 Å². The number of benzene rings is 1. The molecule has 1 aromatic carbocycles. The van der Waals surface area contributed by atoms with Gasteiger partial charge in [0.2, 0.25) is 5.13 Å². The van der Waals surface area contributed by atoms with E-state index in [9.17, 15) is 4.79 Å². The summed E-state index contributed by atoms with van der Waals surface area (Å²) in [5.74, 6) is 3.04. The second-order valence-electron chi connectivity index (χ2n) is 4.24. The number of hydrogen-bond acceptors (Lipinski definition) is 5. The summed E-state index contributed by atoms with van der Waals surface area (Å²) in [5, 5.41) is 13.7. The highest BCUT2D eigenvalue weighted by molar-refractivity contribution is 8.01. The molecule has 2 amide bonds. The molecule has 0 aliphatic rings. The lowest BCUT2D eigenvalue weighted by atomic mass is 10.1. The molecule has 0 atom stereocenters. The molecule has 21 heavy (non-hydrogen) atoms. The van der Waals surface area contributed by atoms with Crippen LogP contribution in [0, 0.1) is 26.2 Å². The number of carbonyl (C=O) groups is 1. The Morgan fingerprint density at radius 2 is 2.14 bits per heavy atom. The van der Waals surface area contributed by atoms with Gasteiger partial charge in [-0.05, 0) is 37.1 Å². The Balaban J connectivity index is 1.93. The number of aromatic nitrogens is 2. The molecule has 1 aromatic heterocycles. The second kappa shape index (κ2) is 7.11. The van der Waals surface area contributed by atoms with E-state index in [1.165, 1.54) is 28.7 Å². The van der Waals surface area contributed by atoms with E-state index in [0.29, 0.717) is 10.9 Å². The van der Waals surface area contributed by atoms with Crippen LogP contribution in [0.3, 0.4) is 0 Å². The lowest BCUT2D eigenvalue weighted by Gasteiger charge is -2.07. The molecule has 0 aliphatic heterocycles. The minimum Gasteiger partial charge on any atom is -0.308 e. The zero-order valence-corrected chi connectivity index (χ0v) is 13.3. The predicted molar refractivity (Wildman–Crippen MR) is 88.0 cm³/mol. The maximum Gasteiger partial charge on any atom is 0.325 e. The first-order valence-corrected chi connectivity index (χ1v) is 7.93. The lowest BCUT2D eigenvalue weighted by molar-refractivity contribution is 0.262. The minimum atomic E-state index is -0.345. The fourth-order valence-corrected chi connectivity index (χ4v) is 2.93. The largest absolute Gasteiger partial charge is 0.325 e. The maximum atomic E-state index is 11.9. The van der Waals surface area contributed by atoms with E-state index in [-0.39, 0.29) is 6.03 Å². The Labute approximate surface area is 131 Å². The Hall–Kier alpha value is -2.04. The van der Waals surface area contributed by atoms with Crippen LogP contribution in [0.25, 0.3) is 0 Å². The molecule has 0 radical (unpaired) electrons. The fraction of sp³-hybridized carbons (Fsp3) is 0.214. The number of rotatable bonds is 4. The van der Waals surface area contributed by atoms with Gasteiger partial charge in [-0.25, -0.2) is 4.79 Å². The molecule has 0 spiro atoms. The summed E-state index contributed by atoms with van der Waals surface area (Å²) in [5.41, 5.74) is 3.04. The number of nitrogens with zero attached hydrogens (tertiary/aromatic N) is 2. The van der Waals surface area contributed by atoms with Crippen LogP contribution in [0.1, 0.15) is 11.1 Å². The van der Waals surface area contributed by atoms with Gasteiger partial charge in [0.25, 0.3) is 0 Å². The molecule has 0 saturated heterocycles. The SMILES string of the molecule is C#CCSc1nnc(NC(=O)Nc2ccc(C)c(C)c2)s1. The molecule has 0 fully saturated rings. The molecule has 0 bridgehead atoms. The van der Waals surface area contributed by atoms with Crippen molar-refractivity contribution in [2.75, 3.05) is 16.4 Å². The van der Waals surface area contributed by atoms with Crippen LogP contribution in [-0.4, -0.2) is 22.0 Å². The summed E-state index contributed by atoms with van der Waals surface area (Å²) in [6, 6.07) is 5.40. The molecule has 108 valence electrons. The van der Waals surface area contributed by atoms with Crippen molar-refractivity contribution in [1.82, 2.24) is 10.2 Å². The molecule has 2 rings (SSSR count). The first-order valence-electron chi connectivity index (χ1n) is 6.13. The standard InChI is InChI=1S/C14H14N4OS2/c1-4-7-20-14-18-17-13(21-14)16-12(19)15-11-6-5-9(2)10(3)8-11/h1,5-6,8H,7H2,2-3H3,(H2,15,16,17,19). The van der Waals surface area contributed by atoms with Crippen LogP contribution in [-0.2, 0) is 0 Å². The quantitative estimate of drug-likeness (QED) is 0.514. The van der Waals surface area contributed by atoms with Crippen molar-refractivity contribution in [3.8, 4) is 12.3 Å². The van der Waals surface area contributed by atoms with Crippen LogP contribution in [0.4, 0.5) is 15.6 Å². The number of terminal acetylenes is 1. The Kier molecular flexibility index (Phi) is 5.20. The monoisotopic (exact) mass is 318 g/mol. The highest BCUT2D eigenvalue weighted by atomic mass is 32.2. The van der Waals surface area contributed by atoms with Crippen molar-refractivity contribution in [3.63, 3.8) is 0 Å². The summed E-state index contributed by atoms with van der Waals surface area (Å²) in [6.45, 7) is 4.02. The number of hydrogen-bond donors (Lipinski definition) is 2. The van der Waals surface area contributed by atoms with Gasteiger partial charge < -0.3 is 5.32 Å². The number of aryl methyl sites for hydroxylation is 2. The molecule has 7 heteroatoms. The number of nitrogens with one attached hydrogen (secondary N) is 2. The van der Waals surface area contributed by atoms with Crippen LogP contribution < -0.4 is 10.6 Å². The zero-order valence-electron chi connectivity index (χ0n) is 11.6. The van der Waals surface area contributed by atoms with Gasteiger partial charge in [0, 0.05) is 5.69 Å². The summed E-state index contributed by atoms with van der Waals surface area (Å²) in [7, 11) is 0. The van der Waals surface area contributed by atoms with Crippen molar-refractivity contribution < 1.29 is 4.79 Å². The third-order valence-corrected chi connectivity index (χ3v) is 4.55. The first kappa shape index (κ1) is 15.4. The van der Waals surface area contributed by atoms with Gasteiger partial charge in [-0.1, -0.05) is 35.1 Å². The number of urea groups is 1. The molecule has 2 aromatic rings. The Bertz CT molecular complexity index is 691. The molecule has 5 nitrogen and oxygen atoms in total. The summed E-state index contributed by atoms with van der Waals surface area (Å²) in [6.07, 6.45) is 5.18. The van der Waals surface area contributed by atoms with E-state index in [1.807, 2.05) is 32.0 Å². The number of amides is 2. The van der Waals surface area contributed by atoms with Gasteiger partial charge in [0.15, 0.2) is 4.34 Å². The van der Waals surface area contributed by atoms with Crippen molar-refractivity contribution >= 4 is 39.9 Å². The first-order chi connectivity index (χ1) is 10.1. The number of thioether (sulfide) groups is 1. The summed E-state index contributed by atoms with van der Waals surface area (Å²) >= 11 is 2.70. The molecular weight excluding hydrogens is 304 g/mol. The predicted octanol–water partition coefficient (Wildman–Crippen LogP) is 3.52. The van der Waals surface area contributed by atoms with E-state index < -0.39 is 0 Å². The molecule has 1 heterocycles. The van der Waals surface area contributed by atoms with Gasteiger partial charge in [-0.15, -0.1) is 16.6 Å². The third kappa shape index (κ3) is 4.48. The van der Waals surface area contributed by atoms with E-state index in [0.717, 1.165) is 15.6 Å². The lowest BCUT2D eigenvalue weighted by Crippen LogP contribution is -2.19. The van der Waals surface area contributed by atoms with E-state index in [4.69, 9.17) is 6.42 Å². The normalized spacial score (nSPS) is 9.95. The zero-order chi connectivity index (χ0) is 15.2. The summed E-state index contributed by atoms with van der Waals surface area (Å²) < 4.78 is 0.731. The average molecular weight is 318 g/mol. The average Bonchev–Trinajstić information content (AvgIpc) is 2.88. The fourth-order valence-electron chi connectivity index (χ4n) is 1.50. The molecule has 0 saturated carbocycles. The van der Waals surface area contributed by atoms with E-state index >= 15 is 0 Å². The van der Waals surface area contributed by atoms with Gasteiger partial charge in [0.1, 0.15) is 0 Å². The van der Waals surface area contributed by atoms with Crippen molar-refractivity contribution in [2.24, 2.45) is 0 Å². The number of carbonyl (C=O) groups excluding carboxylic acids is 1. The van der Waals surface area contributed by atoms with Crippen LogP contribution in [0.5, 0.6) is 0 Å². The van der Waals surface area contributed by atoms with E-state index in [2.05, 4.69) is 26.8 Å². The van der Waals surface area contributed by atoms with Crippen molar-refractivity contribution in [3.05, 3.63) is 29.3 Å². The molecule has 0 unspecified atom stereocenters. The van der Waals surface area contributed by atoms with Crippen LogP contribution in [0.15, 0.2) is 22.5 Å². The van der Waals surface area contributed by atoms with E-state index in [1.54, 1.807) is 0 Å². The molecular formula is C14H14N4OS2. The van der Waals surface area contributed by atoms with Gasteiger partial charge in [-0.2, -0.15) is 0 Å². The maximum absolute atomic E-state index is 11.9. The Morgan fingerprint density at radius 3 is 2.86 bits per heavy atom. The summed E-state index contributed by atoms with van der Waals surface area (Å²) in [4.78, 5) is 11.9. The minimum absolute atomic E-state index is 0.345. The third-order valence-electron chi connectivity index (χ3n) is 2.67. The smallest absolute Gasteiger partial charge is 0.308 e. The highest BCUT2D eigenvalue weighted by Gasteiger charge is 2.08. The van der Waals surface area contributed by atoms with Crippen molar-refractivity contribution in [1.29, 1.82) is 0 Å². The van der Waals surface area contributed by atoms with Gasteiger partial charge in [0.05, 0.1) is 5.75 Å². The second-order valence-corrected chi connectivity index (χ2v) is 6.44. The van der Waals surface area contributed by atoms with Crippen LogP contribution >= 0.6 is 23.1 Å². The van der Waals surface area contributed by atoms with Gasteiger partial charge >= 0.3 is 6.03 Å². The molecule has 0 aliphatic carbocycles. The Morgan fingerprint density at radius 1 is 1.33 bits per heavy atom. The number of anilines is 2. The highest BCUT2D eigenvalue weighted by Crippen LogP contribution is 2.25. The van der Waals surface area contributed by atoms with Crippen LogP contribution in [0.2, 0.25) is 0 Å².